The SMILES string of the molecule is CCC1CCC(c2ccc(OCC3CCC(C)CC3)cc2C)CC1. The summed E-state index contributed by atoms with van der Waals surface area (Å²) in [6.07, 6.45) is 12.4. The lowest BCUT2D eigenvalue weighted by Crippen LogP contribution is -2.19. The van der Waals surface area contributed by atoms with Crippen LogP contribution in [0.3, 0.4) is 0 Å². The zero-order chi connectivity index (χ0) is 16.9. The zero-order valence-electron chi connectivity index (χ0n) is 16.0. The maximum absolute atomic E-state index is 6.14. The second-order valence-corrected chi connectivity index (χ2v) is 8.58. The first kappa shape index (κ1) is 17.8. The summed E-state index contributed by atoms with van der Waals surface area (Å²) in [6.45, 7) is 7.91. The quantitative estimate of drug-likeness (QED) is 0.572. The van der Waals surface area contributed by atoms with Crippen LogP contribution in [0.4, 0.5) is 0 Å². The van der Waals surface area contributed by atoms with E-state index in [0.717, 1.165) is 36.0 Å². The highest BCUT2D eigenvalue weighted by atomic mass is 16.5. The third-order valence-corrected chi connectivity index (χ3v) is 6.73. The van der Waals surface area contributed by atoms with E-state index < -0.39 is 0 Å². The van der Waals surface area contributed by atoms with Crippen LogP contribution in [-0.2, 0) is 0 Å². The number of rotatable bonds is 5. The second kappa shape index (κ2) is 8.41. The van der Waals surface area contributed by atoms with Crippen LogP contribution in [0.2, 0.25) is 0 Å². The number of hydrogen-bond acceptors (Lipinski definition) is 1. The van der Waals surface area contributed by atoms with Gasteiger partial charge in [-0.05, 0) is 92.4 Å². The molecule has 0 aromatic heterocycles. The van der Waals surface area contributed by atoms with E-state index in [1.54, 1.807) is 5.56 Å². The topological polar surface area (TPSA) is 9.23 Å². The average Bonchev–Trinajstić information content (AvgIpc) is 2.61. The first-order valence-electron chi connectivity index (χ1n) is 10.4. The molecule has 0 amide bonds. The molecule has 134 valence electrons. The summed E-state index contributed by atoms with van der Waals surface area (Å²) >= 11 is 0. The monoisotopic (exact) mass is 328 g/mol. The van der Waals surface area contributed by atoms with Crippen LogP contribution in [0.5, 0.6) is 5.75 Å². The molecule has 0 saturated heterocycles. The molecule has 24 heavy (non-hydrogen) atoms. The first-order valence-corrected chi connectivity index (χ1v) is 10.4. The summed E-state index contributed by atoms with van der Waals surface area (Å²) in [4.78, 5) is 0. The van der Waals surface area contributed by atoms with E-state index in [2.05, 4.69) is 39.0 Å². The molecular formula is C23H36O. The summed E-state index contributed by atoms with van der Waals surface area (Å²) in [7, 11) is 0. The lowest BCUT2D eigenvalue weighted by molar-refractivity contribution is 0.188. The van der Waals surface area contributed by atoms with Crippen LogP contribution < -0.4 is 4.74 Å². The standard InChI is InChI=1S/C23H36O/c1-4-19-9-11-21(12-10-19)23-14-13-22(15-18(23)3)24-16-20-7-5-17(2)6-8-20/h13-15,17,19-21H,4-12,16H2,1-3H3. The Balaban J connectivity index is 1.53. The minimum Gasteiger partial charge on any atom is -0.493 e. The highest BCUT2D eigenvalue weighted by Gasteiger charge is 2.23. The zero-order valence-corrected chi connectivity index (χ0v) is 16.0. The van der Waals surface area contributed by atoms with E-state index in [9.17, 15) is 0 Å². The molecule has 2 aliphatic rings. The van der Waals surface area contributed by atoms with E-state index in [0.29, 0.717) is 0 Å². The molecule has 3 rings (SSSR count). The van der Waals surface area contributed by atoms with Gasteiger partial charge in [-0.25, -0.2) is 0 Å². The fraction of sp³-hybridized carbons (Fsp3) is 0.739. The van der Waals surface area contributed by atoms with Gasteiger partial charge in [0, 0.05) is 0 Å². The summed E-state index contributed by atoms with van der Waals surface area (Å²) in [6, 6.07) is 6.86. The molecule has 1 nitrogen and oxygen atoms in total. The molecule has 2 fully saturated rings. The third kappa shape index (κ3) is 4.55. The van der Waals surface area contributed by atoms with Crippen molar-refractivity contribution in [2.75, 3.05) is 6.61 Å². The minimum atomic E-state index is 0.769. The van der Waals surface area contributed by atoms with E-state index in [4.69, 9.17) is 4.74 Å². The molecule has 2 aliphatic carbocycles. The van der Waals surface area contributed by atoms with Gasteiger partial charge in [0.05, 0.1) is 6.61 Å². The highest BCUT2D eigenvalue weighted by molar-refractivity contribution is 5.37. The molecule has 0 heterocycles. The molecule has 0 aliphatic heterocycles. The number of ether oxygens (including phenoxy) is 1. The Morgan fingerprint density at radius 3 is 2.21 bits per heavy atom. The Kier molecular flexibility index (Phi) is 6.25. The molecule has 2 saturated carbocycles. The van der Waals surface area contributed by atoms with Crippen LogP contribution in [-0.4, -0.2) is 6.61 Å². The summed E-state index contributed by atoms with van der Waals surface area (Å²) in [5, 5.41) is 0. The molecule has 0 spiro atoms. The van der Waals surface area contributed by atoms with Crippen LogP contribution >= 0.6 is 0 Å². The van der Waals surface area contributed by atoms with E-state index >= 15 is 0 Å². The summed E-state index contributed by atoms with van der Waals surface area (Å²) in [5.74, 6) is 4.53. The number of hydrogen-bond donors (Lipinski definition) is 0. The average molecular weight is 329 g/mol. The molecule has 1 heteroatoms. The van der Waals surface area contributed by atoms with Gasteiger partial charge in [-0.15, -0.1) is 0 Å². The van der Waals surface area contributed by atoms with Gasteiger partial charge in [0.2, 0.25) is 0 Å². The van der Waals surface area contributed by atoms with Gasteiger partial charge in [0.25, 0.3) is 0 Å². The van der Waals surface area contributed by atoms with Crippen molar-refractivity contribution in [1.29, 1.82) is 0 Å². The van der Waals surface area contributed by atoms with E-state index in [1.165, 1.54) is 63.4 Å². The molecule has 0 N–H and O–H groups in total. The fourth-order valence-electron chi connectivity index (χ4n) is 4.79. The second-order valence-electron chi connectivity index (χ2n) is 8.58. The van der Waals surface area contributed by atoms with Crippen LogP contribution in [0.15, 0.2) is 18.2 Å². The number of aryl methyl sites for hydroxylation is 1. The fourth-order valence-corrected chi connectivity index (χ4v) is 4.79. The Morgan fingerprint density at radius 1 is 0.917 bits per heavy atom. The lowest BCUT2D eigenvalue weighted by Gasteiger charge is -2.29. The van der Waals surface area contributed by atoms with Gasteiger partial charge in [-0.1, -0.05) is 39.2 Å². The van der Waals surface area contributed by atoms with Crippen molar-refractivity contribution < 1.29 is 4.74 Å². The van der Waals surface area contributed by atoms with Crippen LogP contribution in [0.25, 0.3) is 0 Å². The molecule has 0 atom stereocenters. The molecule has 1 aromatic carbocycles. The largest absolute Gasteiger partial charge is 0.493 e. The summed E-state index contributed by atoms with van der Waals surface area (Å²) < 4.78 is 6.14. The predicted octanol–water partition coefficient (Wildman–Crippen LogP) is 6.88. The molecular weight excluding hydrogens is 292 g/mol. The lowest BCUT2D eigenvalue weighted by atomic mass is 9.77. The van der Waals surface area contributed by atoms with Crippen molar-refractivity contribution >= 4 is 0 Å². The highest BCUT2D eigenvalue weighted by Crippen LogP contribution is 2.39. The predicted molar refractivity (Wildman–Crippen MR) is 103 cm³/mol. The molecule has 0 unspecified atom stereocenters. The number of benzene rings is 1. The van der Waals surface area contributed by atoms with Gasteiger partial charge < -0.3 is 4.74 Å². The summed E-state index contributed by atoms with van der Waals surface area (Å²) in [5.41, 5.74) is 3.01. The van der Waals surface area contributed by atoms with Gasteiger partial charge in [-0.2, -0.15) is 0 Å². The van der Waals surface area contributed by atoms with E-state index in [-0.39, 0.29) is 0 Å². The molecule has 0 bridgehead atoms. The third-order valence-electron chi connectivity index (χ3n) is 6.73. The van der Waals surface area contributed by atoms with Crippen molar-refractivity contribution in [3.63, 3.8) is 0 Å². The van der Waals surface area contributed by atoms with Gasteiger partial charge >= 0.3 is 0 Å². The Bertz CT molecular complexity index is 505. The minimum absolute atomic E-state index is 0.769. The Hall–Kier alpha value is -0.980. The Morgan fingerprint density at radius 2 is 1.58 bits per heavy atom. The van der Waals surface area contributed by atoms with Crippen LogP contribution in [0.1, 0.15) is 88.7 Å². The smallest absolute Gasteiger partial charge is 0.119 e. The molecule has 1 aromatic rings. The van der Waals surface area contributed by atoms with Gasteiger partial charge in [0.15, 0.2) is 0 Å². The van der Waals surface area contributed by atoms with Gasteiger partial charge in [0.1, 0.15) is 5.75 Å². The van der Waals surface area contributed by atoms with E-state index in [1.807, 2.05) is 0 Å². The van der Waals surface area contributed by atoms with Crippen molar-refractivity contribution in [1.82, 2.24) is 0 Å². The maximum Gasteiger partial charge on any atom is 0.119 e. The Labute approximate surface area is 149 Å². The van der Waals surface area contributed by atoms with Gasteiger partial charge in [-0.3, -0.25) is 0 Å². The van der Waals surface area contributed by atoms with Crippen molar-refractivity contribution in [3.05, 3.63) is 29.3 Å². The molecule has 0 radical (unpaired) electrons. The van der Waals surface area contributed by atoms with Crippen LogP contribution in [0, 0.1) is 24.7 Å². The van der Waals surface area contributed by atoms with Crippen molar-refractivity contribution in [2.24, 2.45) is 17.8 Å². The first-order chi connectivity index (χ1) is 11.7. The van der Waals surface area contributed by atoms with Crippen molar-refractivity contribution in [3.8, 4) is 5.75 Å². The maximum atomic E-state index is 6.14. The normalized spacial score (nSPS) is 31.0. The van der Waals surface area contributed by atoms with Crippen molar-refractivity contribution in [2.45, 2.75) is 84.5 Å².